The zero-order valence-corrected chi connectivity index (χ0v) is 43.4. The Morgan fingerprint density at radius 3 is 2.16 bits per heavy atom. The Bertz CT molecular complexity index is 2400. The van der Waals surface area contributed by atoms with Crippen LogP contribution in [0.4, 0.5) is 25.5 Å². The number of aryl methyl sites for hydroxylation is 1. The SMILES string of the molecule is COc1nc(-c2ccnc(-c3cccc(Nc4nccc(CCCN(CCO[Si](C)(C)C(C)(C)C)C(=O)OC(C)(C)C)c4F)c3Cl)c2Cl)ccc1CN(C[C@@H]1CCC(=O)N1)C(=O)OC(C)(C)C. The van der Waals surface area contributed by atoms with Crippen LogP contribution in [0.25, 0.3) is 22.5 Å². The van der Waals surface area contributed by atoms with Crippen molar-refractivity contribution < 1.29 is 37.4 Å². The number of benzene rings is 1. The lowest BCUT2D eigenvalue weighted by Gasteiger charge is -2.37. The molecule has 3 aromatic heterocycles. The van der Waals surface area contributed by atoms with Crippen molar-refractivity contribution in [2.45, 2.75) is 130 Å². The van der Waals surface area contributed by atoms with Gasteiger partial charge in [-0.3, -0.25) is 9.78 Å². The number of carbonyl (C=O) groups is 3. The smallest absolute Gasteiger partial charge is 0.410 e. The van der Waals surface area contributed by atoms with Crippen LogP contribution in [-0.4, -0.2) is 102 Å². The third-order valence-electron chi connectivity index (χ3n) is 11.5. The summed E-state index contributed by atoms with van der Waals surface area (Å²) in [6.07, 6.45) is 3.93. The average molecular weight is 983 g/mol. The number of hydrogen-bond donors (Lipinski definition) is 2. The molecule has 0 aliphatic carbocycles. The van der Waals surface area contributed by atoms with E-state index in [1.165, 1.54) is 18.2 Å². The van der Waals surface area contributed by atoms with E-state index in [1.807, 2.05) is 20.8 Å². The van der Waals surface area contributed by atoms with Crippen molar-refractivity contribution in [2.75, 3.05) is 38.7 Å². The Labute approximate surface area is 405 Å². The van der Waals surface area contributed by atoms with E-state index >= 15 is 4.39 Å². The first-order valence-corrected chi connectivity index (χ1v) is 26.2. The van der Waals surface area contributed by atoms with Gasteiger partial charge in [-0.15, -0.1) is 0 Å². The first-order valence-electron chi connectivity index (χ1n) is 22.5. The minimum Gasteiger partial charge on any atom is -0.481 e. The van der Waals surface area contributed by atoms with E-state index in [2.05, 4.69) is 54.5 Å². The molecule has 0 bridgehead atoms. The van der Waals surface area contributed by atoms with Crippen LogP contribution in [0.1, 0.15) is 92.7 Å². The van der Waals surface area contributed by atoms with Crippen LogP contribution in [0.15, 0.2) is 54.9 Å². The van der Waals surface area contributed by atoms with Crippen LogP contribution >= 0.6 is 23.2 Å². The van der Waals surface area contributed by atoms with Gasteiger partial charge in [0, 0.05) is 61.2 Å². The Morgan fingerprint density at radius 2 is 1.54 bits per heavy atom. The van der Waals surface area contributed by atoms with Gasteiger partial charge in [-0.1, -0.05) is 56.1 Å². The number of methoxy groups -OCH3 is 1. The number of pyridine rings is 3. The number of rotatable bonds is 17. The van der Waals surface area contributed by atoms with Crippen LogP contribution in [0.2, 0.25) is 28.2 Å². The van der Waals surface area contributed by atoms with E-state index in [1.54, 1.807) is 74.3 Å². The highest BCUT2D eigenvalue weighted by Crippen LogP contribution is 2.41. The summed E-state index contributed by atoms with van der Waals surface area (Å²) in [7, 11) is -0.551. The number of anilines is 2. The van der Waals surface area contributed by atoms with Crippen molar-refractivity contribution >= 4 is 61.1 Å². The number of aromatic nitrogens is 3. The topological polar surface area (TPSA) is 157 Å². The lowest BCUT2D eigenvalue weighted by Crippen LogP contribution is -2.44. The maximum absolute atomic E-state index is 16.2. The fourth-order valence-corrected chi connectivity index (χ4v) is 8.58. The van der Waals surface area contributed by atoms with Crippen molar-refractivity contribution in [1.82, 2.24) is 30.1 Å². The van der Waals surface area contributed by atoms with Crippen LogP contribution in [-0.2, 0) is 31.7 Å². The van der Waals surface area contributed by atoms with Crippen molar-refractivity contribution in [2.24, 2.45) is 0 Å². The summed E-state index contributed by atoms with van der Waals surface area (Å²) < 4.78 is 39.7. The summed E-state index contributed by atoms with van der Waals surface area (Å²) in [5, 5.41) is 6.49. The number of nitrogens with one attached hydrogen (secondary N) is 2. The molecule has 4 aromatic rings. The molecule has 0 spiro atoms. The molecular formula is C49H66Cl2FN7O7Si. The second-order valence-electron chi connectivity index (χ2n) is 20.2. The van der Waals surface area contributed by atoms with Crippen molar-refractivity contribution in [1.29, 1.82) is 0 Å². The lowest BCUT2D eigenvalue weighted by molar-refractivity contribution is -0.119. The van der Waals surface area contributed by atoms with Gasteiger partial charge < -0.3 is 39.1 Å². The van der Waals surface area contributed by atoms with Gasteiger partial charge in [-0.2, -0.15) is 0 Å². The third kappa shape index (κ3) is 14.5. The second kappa shape index (κ2) is 21.9. The number of ether oxygens (including phenoxy) is 3. The molecule has 364 valence electrons. The molecule has 2 N–H and O–H groups in total. The van der Waals surface area contributed by atoms with Crippen LogP contribution in [0, 0.1) is 5.82 Å². The molecule has 5 rings (SSSR count). The quantitative estimate of drug-likeness (QED) is 0.0970. The predicted molar refractivity (Wildman–Crippen MR) is 264 cm³/mol. The molecule has 0 saturated carbocycles. The van der Waals surface area contributed by atoms with E-state index in [0.717, 1.165) is 0 Å². The minimum atomic E-state index is -2.04. The van der Waals surface area contributed by atoms with Gasteiger partial charge in [-0.25, -0.2) is 23.9 Å². The van der Waals surface area contributed by atoms with Gasteiger partial charge in [-0.05, 0) is 115 Å². The highest BCUT2D eigenvalue weighted by Gasteiger charge is 2.37. The number of carbonyl (C=O) groups excluding carboxylic acids is 3. The van der Waals surface area contributed by atoms with Crippen LogP contribution in [0.5, 0.6) is 5.88 Å². The highest BCUT2D eigenvalue weighted by atomic mass is 35.5. The van der Waals surface area contributed by atoms with E-state index in [0.29, 0.717) is 84.7 Å². The summed E-state index contributed by atoms with van der Waals surface area (Å²) >= 11 is 14.1. The molecule has 0 radical (unpaired) electrons. The van der Waals surface area contributed by atoms with Gasteiger partial charge in [0.15, 0.2) is 20.0 Å². The maximum atomic E-state index is 16.2. The number of halogens is 3. The molecule has 67 heavy (non-hydrogen) atoms. The molecule has 1 aliphatic rings. The molecule has 1 aromatic carbocycles. The second-order valence-corrected chi connectivity index (χ2v) is 25.7. The lowest BCUT2D eigenvalue weighted by atomic mass is 10.0. The first kappa shape index (κ1) is 52.9. The van der Waals surface area contributed by atoms with Crippen molar-refractivity contribution in [3.05, 3.63) is 81.8 Å². The molecule has 1 fully saturated rings. The summed E-state index contributed by atoms with van der Waals surface area (Å²) in [5.74, 6) is -0.357. The van der Waals surface area contributed by atoms with Gasteiger partial charge in [0.25, 0.3) is 0 Å². The number of hydrogen-bond acceptors (Lipinski definition) is 11. The maximum Gasteiger partial charge on any atom is 0.410 e. The fraction of sp³-hybridized carbons (Fsp3) is 0.510. The fourth-order valence-electron chi connectivity index (χ4n) is 6.97. The number of amides is 3. The summed E-state index contributed by atoms with van der Waals surface area (Å²) in [6, 6.07) is 11.9. The standard InChI is InChI=1S/C49H66Cl2FN7O7Si/c1-47(2,3)65-45(61)58(27-28-64-67(11,12)49(7,8)9)26-14-15-31-22-24-54-43(41(31)52)56-37-17-13-16-35(39(37)50)42-40(51)34(23-25-53-42)36-20-18-32(44(57-36)63-10)29-59(46(62)66-48(4,5)6)30-33-19-21-38(60)55-33/h13,16-18,20,22-25,33H,14-15,19,21,26-30H2,1-12H3,(H,54,56)(H,55,60)/t33-/m0/s1. The van der Waals surface area contributed by atoms with E-state index in [9.17, 15) is 14.4 Å². The van der Waals surface area contributed by atoms with E-state index < -0.39 is 37.5 Å². The van der Waals surface area contributed by atoms with Gasteiger partial charge >= 0.3 is 12.2 Å². The van der Waals surface area contributed by atoms with Gasteiger partial charge in [0.2, 0.25) is 11.8 Å². The predicted octanol–water partition coefficient (Wildman–Crippen LogP) is 11.6. The molecule has 14 nitrogen and oxygen atoms in total. The molecule has 1 aliphatic heterocycles. The summed E-state index contributed by atoms with van der Waals surface area (Å²) in [6.45, 7) is 23.1. The third-order valence-corrected chi connectivity index (χ3v) is 16.8. The van der Waals surface area contributed by atoms with Crippen molar-refractivity contribution in [3.63, 3.8) is 0 Å². The van der Waals surface area contributed by atoms with Crippen LogP contribution < -0.4 is 15.4 Å². The Balaban J connectivity index is 1.32. The first-order chi connectivity index (χ1) is 31.3. The zero-order chi connectivity index (χ0) is 49.5. The molecule has 1 saturated heterocycles. The monoisotopic (exact) mass is 981 g/mol. The molecule has 3 amide bonds. The summed E-state index contributed by atoms with van der Waals surface area (Å²) in [5.41, 5.74) is 1.85. The molecule has 18 heteroatoms. The van der Waals surface area contributed by atoms with E-state index in [4.69, 9.17) is 46.8 Å². The average Bonchev–Trinajstić information content (AvgIpc) is 3.64. The Kier molecular flexibility index (Phi) is 17.3. The largest absolute Gasteiger partial charge is 0.481 e. The van der Waals surface area contributed by atoms with Gasteiger partial charge in [0.05, 0.1) is 47.4 Å². The Hall–Kier alpha value is -5.03. The van der Waals surface area contributed by atoms with Gasteiger partial charge in [0.1, 0.15) is 11.2 Å². The van der Waals surface area contributed by atoms with Crippen LogP contribution in [0.3, 0.4) is 0 Å². The minimum absolute atomic E-state index is 0.0209. The van der Waals surface area contributed by atoms with Crippen molar-refractivity contribution in [3.8, 4) is 28.4 Å². The van der Waals surface area contributed by atoms with E-state index in [-0.39, 0.29) is 51.8 Å². The zero-order valence-electron chi connectivity index (χ0n) is 40.9. The highest BCUT2D eigenvalue weighted by molar-refractivity contribution is 6.74. The molecular weight excluding hydrogens is 917 g/mol. The molecule has 0 unspecified atom stereocenters. The normalized spacial score (nSPS) is 14.4. The molecule has 1 atom stereocenters. The molecule has 4 heterocycles. The number of nitrogens with zero attached hydrogens (tertiary/aromatic N) is 5. The summed E-state index contributed by atoms with van der Waals surface area (Å²) in [4.78, 5) is 55.3. The Morgan fingerprint density at radius 1 is 0.866 bits per heavy atom.